The normalized spacial score (nSPS) is 11.8. The average Bonchev–Trinajstić information content (AvgIpc) is 2.36. The number of aliphatic hydroxyl groups is 1. The standard InChI is InChI=1S/C11H14ClN3O4/c1-7(6-16)14(2)11(17)13-8-3-4-10(15(18)19)9(12)5-8/h3-5,7,16H,6H2,1-2H3,(H,13,17)/t7-/m1/s1. The van der Waals surface area contributed by atoms with Crippen LogP contribution in [0.15, 0.2) is 18.2 Å². The SMILES string of the molecule is C[C@H](CO)N(C)C(=O)Nc1ccc([N+](=O)[O-])c(Cl)c1. The van der Waals surface area contributed by atoms with Crippen LogP contribution in [0.5, 0.6) is 0 Å². The Balaban J connectivity index is 2.81. The van der Waals surface area contributed by atoms with Gasteiger partial charge in [0.25, 0.3) is 5.69 Å². The van der Waals surface area contributed by atoms with Gasteiger partial charge in [-0.15, -0.1) is 0 Å². The first-order valence-electron chi connectivity index (χ1n) is 5.45. The van der Waals surface area contributed by atoms with E-state index in [1.165, 1.54) is 30.1 Å². The number of anilines is 1. The molecule has 2 N–H and O–H groups in total. The Kier molecular flexibility index (Phi) is 5.08. The fourth-order valence-electron chi connectivity index (χ4n) is 1.27. The number of benzene rings is 1. The molecule has 8 heteroatoms. The second kappa shape index (κ2) is 6.35. The van der Waals surface area contributed by atoms with Gasteiger partial charge in [0.2, 0.25) is 0 Å². The maximum atomic E-state index is 11.8. The van der Waals surface area contributed by atoms with Gasteiger partial charge < -0.3 is 15.3 Å². The predicted octanol–water partition coefficient (Wildman–Crippen LogP) is 2.09. The summed E-state index contributed by atoms with van der Waals surface area (Å²) in [5, 5.41) is 22.0. The number of nitrogens with one attached hydrogen (secondary N) is 1. The van der Waals surface area contributed by atoms with Crippen LogP contribution in [-0.4, -0.2) is 40.7 Å². The van der Waals surface area contributed by atoms with E-state index >= 15 is 0 Å². The van der Waals surface area contributed by atoms with Crippen molar-refractivity contribution in [3.8, 4) is 0 Å². The van der Waals surface area contributed by atoms with Gasteiger partial charge in [-0.05, 0) is 19.1 Å². The number of aliphatic hydroxyl groups excluding tert-OH is 1. The molecule has 2 amide bonds. The maximum absolute atomic E-state index is 11.8. The van der Waals surface area contributed by atoms with Crippen LogP contribution in [0, 0.1) is 10.1 Å². The third-order valence-electron chi connectivity index (χ3n) is 2.64. The van der Waals surface area contributed by atoms with E-state index in [0.29, 0.717) is 5.69 Å². The van der Waals surface area contributed by atoms with E-state index < -0.39 is 11.0 Å². The summed E-state index contributed by atoms with van der Waals surface area (Å²) in [5.74, 6) is 0. The molecule has 0 aliphatic carbocycles. The molecule has 104 valence electrons. The van der Waals surface area contributed by atoms with E-state index in [9.17, 15) is 14.9 Å². The largest absolute Gasteiger partial charge is 0.394 e. The number of carbonyl (C=O) groups is 1. The number of nitrogens with zero attached hydrogens (tertiary/aromatic N) is 2. The van der Waals surface area contributed by atoms with Crippen molar-refractivity contribution in [2.24, 2.45) is 0 Å². The maximum Gasteiger partial charge on any atom is 0.321 e. The van der Waals surface area contributed by atoms with Crippen molar-refractivity contribution in [2.45, 2.75) is 13.0 Å². The van der Waals surface area contributed by atoms with Crippen LogP contribution >= 0.6 is 11.6 Å². The molecule has 1 aromatic carbocycles. The van der Waals surface area contributed by atoms with Gasteiger partial charge >= 0.3 is 6.03 Å². The van der Waals surface area contributed by atoms with Gasteiger partial charge in [0.15, 0.2) is 0 Å². The van der Waals surface area contributed by atoms with Crippen LogP contribution in [0.4, 0.5) is 16.2 Å². The summed E-state index contributed by atoms with van der Waals surface area (Å²) in [6.45, 7) is 1.52. The summed E-state index contributed by atoms with van der Waals surface area (Å²) in [4.78, 5) is 23.1. The summed E-state index contributed by atoms with van der Waals surface area (Å²) in [6.07, 6.45) is 0. The molecule has 1 rings (SSSR count). The number of carbonyl (C=O) groups excluding carboxylic acids is 1. The molecule has 0 fully saturated rings. The number of hydrogen-bond donors (Lipinski definition) is 2. The molecule has 0 spiro atoms. The lowest BCUT2D eigenvalue weighted by Gasteiger charge is -2.23. The van der Waals surface area contributed by atoms with Crippen LogP contribution in [0.1, 0.15) is 6.92 Å². The smallest absolute Gasteiger partial charge is 0.321 e. The first kappa shape index (κ1) is 15.2. The molecule has 0 aliphatic rings. The van der Waals surface area contributed by atoms with Gasteiger partial charge in [0.05, 0.1) is 17.6 Å². The van der Waals surface area contributed by atoms with E-state index in [1.807, 2.05) is 0 Å². The molecule has 0 saturated heterocycles. The topological polar surface area (TPSA) is 95.7 Å². The quantitative estimate of drug-likeness (QED) is 0.654. The molecule has 0 unspecified atom stereocenters. The fourth-order valence-corrected chi connectivity index (χ4v) is 1.52. The van der Waals surface area contributed by atoms with Crippen LogP contribution in [0.25, 0.3) is 0 Å². The zero-order valence-corrected chi connectivity index (χ0v) is 11.2. The number of nitro benzene ring substituents is 1. The molecule has 0 radical (unpaired) electrons. The lowest BCUT2D eigenvalue weighted by Crippen LogP contribution is -2.40. The number of rotatable bonds is 4. The number of urea groups is 1. The summed E-state index contributed by atoms with van der Waals surface area (Å²) in [7, 11) is 1.53. The molecule has 19 heavy (non-hydrogen) atoms. The number of nitro groups is 1. The Hall–Kier alpha value is -1.86. The number of likely N-dealkylation sites (N-methyl/N-ethyl adjacent to an activating group) is 1. The van der Waals surface area contributed by atoms with Crippen LogP contribution < -0.4 is 5.32 Å². The summed E-state index contributed by atoms with van der Waals surface area (Å²) >= 11 is 5.73. The van der Waals surface area contributed by atoms with Crippen LogP contribution in [0.3, 0.4) is 0 Å². The highest BCUT2D eigenvalue weighted by molar-refractivity contribution is 6.33. The lowest BCUT2D eigenvalue weighted by atomic mass is 10.3. The van der Waals surface area contributed by atoms with Crippen molar-refractivity contribution in [3.05, 3.63) is 33.3 Å². The van der Waals surface area contributed by atoms with Gasteiger partial charge in [-0.1, -0.05) is 11.6 Å². The number of hydrogen-bond acceptors (Lipinski definition) is 4. The zero-order chi connectivity index (χ0) is 14.6. The van der Waals surface area contributed by atoms with Crippen LogP contribution in [0.2, 0.25) is 5.02 Å². The first-order valence-corrected chi connectivity index (χ1v) is 5.83. The van der Waals surface area contributed by atoms with Crippen molar-refractivity contribution in [3.63, 3.8) is 0 Å². The molecule has 7 nitrogen and oxygen atoms in total. The Morgan fingerprint density at radius 3 is 2.74 bits per heavy atom. The molecule has 1 atom stereocenters. The monoisotopic (exact) mass is 287 g/mol. The van der Waals surface area contributed by atoms with Crippen molar-refractivity contribution in [1.82, 2.24) is 4.90 Å². The zero-order valence-electron chi connectivity index (χ0n) is 10.5. The minimum Gasteiger partial charge on any atom is -0.394 e. The number of amides is 2. The van der Waals surface area contributed by atoms with Crippen molar-refractivity contribution >= 4 is 29.0 Å². The van der Waals surface area contributed by atoms with E-state index in [-0.39, 0.29) is 23.4 Å². The van der Waals surface area contributed by atoms with E-state index in [4.69, 9.17) is 16.7 Å². The van der Waals surface area contributed by atoms with Gasteiger partial charge in [-0.25, -0.2) is 4.79 Å². The summed E-state index contributed by atoms with van der Waals surface area (Å²) in [6, 6.07) is 3.13. The fraction of sp³-hybridized carbons (Fsp3) is 0.364. The molecule has 0 aromatic heterocycles. The minimum absolute atomic E-state index is 0.0549. The second-order valence-corrected chi connectivity index (χ2v) is 4.40. The molecular formula is C11H14ClN3O4. The molecule has 0 saturated carbocycles. The molecular weight excluding hydrogens is 274 g/mol. The minimum atomic E-state index is -0.603. The third-order valence-corrected chi connectivity index (χ3v) is 2.94. The Morgan fingerprint density at radius 2 is 2.26 bits per heavy atom. The second-order valence-electron chi connectivity index (χ2n) is 4.00. The Labute approximate surface area is 114 Å². The molecule has 0 aliphatic heterocycles. The highest BCUT2D eigenvalue weighted by Crippen LogP contribution is 2.27. The van der Waals surface area contributed by atoms with Crippen molar-refractivity contribution in [2.75, 3.05) is 19.0 Å². The highest BCUT2D eigenvalue weighted by atomic mass is 35.5. The molecule has 0 heterocycles. The van der Waals surface area contributed by atoms with Crippen molar-refractivity contribution in [1.29, 1.82) is 0 Å². The van der Waals surface area contributed by atoms with E-state index in [2.05, 4.69) is 5.32 Å². The summed E-state index contributed by atoms with van der Waals surface area (Å²) in [5.41, 5.74) is 0.120. The third kappa shape index (κ3) is 3.80. The first-order chi connectivity index (χ1) is 8.86. The Bertz CT molecular complexity index is 495. The van der Waals surface area contributed by atoms with Gasteiger partial charge in [0, 0.05) is 18.8 Å². The molecule has 0 bridgehead atoms. The van der Waals surface area contributed by atoms with Crippen molar-refractivity contribution < 1.29 is 14.8 Å². The Morgan fingerprint density at radius 1 is 1.63 bits per heavy atom. The van der Waals surface area contributed by atoms with E-state index in [1.54, 1.807) is 6.92 Å². The van der Waals surface area contributed by atoms with Gasteiger partial charge in [0.1, 0.15) is 5.02 Å². The lowest BCUT2D eigenvalue weighted by molar-refractivity contribution is -0.384. The van der Waals surface area contributed by atoms with Crippen LogP contribution in [-0.2, 0) is 0 Å². The summed E-state index contributed by atoms with van der Waals surface area (Å²) < 4.78 is 0. The molecule has 1 aromatic rings. The predicted molar refractivity (Wildman–Crippen MR) is 71.4 cm³/mol. The van der Waals surface area contributed by atoms with E-state index in [0.717, 1.165) is 0 Å². The average molecular weight is 288 g/mol. The highest BCUT2D eigenvalue weighted by Gasteiger charge is 2.17. The number of halogens is 1. The van der Waals surface area contributed by atoms with Gasteiger partial charge in [-0.2, -0.15) is 0 Å². The van der Waals surface area contributed by atoms with Gasteiger partial charge in [-0.3, -0.25) is 10.1 Å².